The summed E-state index contributed by atoms with van der Waals surface area (Å²) in [5.41, 5.74) is 0. The molecule has 3 atom stereocenters. The zero-order chi connectivity index (χ0) is 12.8. The van der Waals surface area contributed by atoms with Crippen molar-refractivity contribution in [2.75, 3.05) is 6.54 Å². The first-order valence-corrected chi connectivity index (χ1v) is 6.14. The minimum atomic E-state index is -1.04. The van der Waals surface area contributed by atoms with Crippen molar-refractivity contribution in [2.45, 2.75) is 51.7 Å². The molecule has 0 radical (unpaired) electrons. The number of carbonyl (C=O) groups is 2. The predicted molar refractivity (Wildman–Crippen MR) is 62.6 cm³/mol. The molecular weight excluding hydrogens is 222 g/mol. The zero-order valence-electron chi connectivity index (χ0n) is 10.4. The quantitative estimate of drug-likeness (QED) is 0.760. The SMILES string of the molecule is C[C@@H]1CCC[C@@H](O[C@@H](C)C(=O)NCC(=O)O)C1. The number of hydrogen-bond acceptors (Lipinski definition) is 3. The molecule has 0 aromatic carbocycles. The summed E-state index contributed by atoms with van der Waals surface area (Å²) in [4.78, 5) is 21.8. The van der Waals surface area contributed by atoms with Crippen molar-refractivity contribution >= 4 is 11.9 Å². The molecule has 0 aromatic heterocycles. The average Bonchev–Trinajstić information content (AvgIpc) is 2.25. The maximum Gasteiger partial charge on any atom is 0.322 e. The van der Waals surface area contributed by atoms with Gasteiger partial charge in [0.25, 0.3) is 0 Å². The predicted octanol–water partition coefficient (Wildman–Crippen LogP) is 1.17. The van der Waals surface area contributed by atoms with Crippen LogP contribution in [0.4, 0.5) is 0 Å². The van der Waals surface area contributed by atoms with Gasteiger partial charge in [-0.05, 0) is 25.7 Å². The van der Waals surface area contributed by atoms with E-state index in [9.17, 15) is 9.59 Å². The standard InChI is InChI=1S/C12H21NO4/c1-8-4-3-5-10(6-8)17-9(2)12(16)13-7-11(14)15/h8-10H,3-7H2,1-2H3,(H,13,16)(H,14,15)/t8-,9+,10-/m1/s1. The van der Waals surface area contributed by atoms with E-state index in [1.54, 1.807) is 6.92 Å². The van der Waals surface area contributed by atoms with E-state index < -0.39 is 12.1 Å². The summed E-state index contributed by atoms with van der Waals surface area (Å²) in [6.07, 6.45) is 3.88. The Hall–Kier alpha value is -1.10. The molecule has 0 aromatic rings. The molecular formula is C12H21NO4. The fourth-order valence-electron chi connectivity index (χ4n) is 2.16. The topological polar surface area (TPSA) is 75.6 Å². The molecule has 0 heterocycles. The minimum absolute atomic E-state index is 0.129. The van der Waals surface area contributed by atoms with E-state index in [-0.39, 0.29) is 18.6 Å². The molecule has 1 saturated carbocycles. The Labute approximate surface area is 102 Å². The Morgan fingerprint density at radius 3 is 2.76 bits per heavy atom. The maximum atomic E-state index is 11.5. The number of nitrogens with one attached hydrogen (secondary N) is 1. The molecule has 0 spiro atoms. The number of amides is 1. The van der Waals surface area contributed by atoms with Crippen molar-refractivity contribution in [2.24, 2.45) is 5.92 Å². The van der Waals surface area contributed by atoms with Crippen molar-refractivity contribution in [1.29, 1.82) is 0 Å². The van der Waals surface area contributed by atoms with Gasteiger partial charge in [0.2, 0.25) is 5.91 Å². The van der Waals surface area contributed by atoms with Gasteiger partial charge in [-0.25, -0.2) is 0 Å². The highest BCUT2D eigenvalue weighted by Crippen LogP contribution is 2.26. The van der Waals surface area contributed by atoms with E-state index >= 15 is 0 Å². The van der Waals surface area contributed by atoms with Crippen molar-refractivity contribution in [1.82, 2.24) is 5.32 Å². The number of carboxylic acids is 1. The Morgan fingerprint density at radius 1 is 1.47 bits per heavy atom. The molecule has 2 N–H and O–H groups in total. The van der Waals surface area contributed by atoms with E-state index in [0.29, 0.717) is 5.92 Å². The summed E-state index contributed by atoms with van der Waals surface area (Å²) in [6, 6.07) is 0. The van der Waals surface area contributed by atoms with E-state index in [1.165, 1.54) is 6.42 Å². The highest BCUT2D eigenvalue weighted by molar-refractivity contribution is 5.84. The summed E-state index contributed by atoms with van der Waals surface area (Å²) in [6.45, 7) is 3.49. The van der Waals surface area contributed by atoms with Crippen molar-refractivity contribution in [3.8, 4) is 0 Å². The summed E-state index contributed by atoms with van der Waals surface area (Å²) in [5, 5.41) is 10.8. The smallest absolute Gasteiger partial charge is 0.322 e. The molecule has 0 saturated heterocycles. The van der Waals surface area contributed by atoms with Crippen LogP contribution in [0.25, 0.3) is 0 Å². The molecule has 5 nitrogen and oxygen atoms in total. The summed E-state index contributed by atoms with van der Waals surface area (Å²) in [7, 11) is 0. The van der Waals surface area contributed by atoms with Gasteiger partial charge in [0.1, 0.15) is 12.6 Å². The molecule has 17 heavy (non-hydrogen) atoms. The van der Waals surface area contributed by atoms with E-state index in [4.69, 9.17) is 9.84 Å². The first-order valence-electron chi connectivity index (χ1n) is 6.14. The summed E-state index contributed by atoms with van der Waals surface area (Å²) < 4.78 is 5.65. The van der Waals surface area contributed by atoms with Crippen LogP contribution in [0.3, 0.4) is 0 Å². The van der Waals surface area contributed by atoms with Gasteiger partial charge in [-0.15, -0.1) is 0 Å². The maximum absolute atomic E-state index is 11.5. The molecule has 1 aliphatic carbocycles. The lowest BCUT2D eigenvalue weighted by molar-refractivity contribution is -0.142. The van der Waals surface area contributed by atoms with Gasteiger partial charge in [0, 0.05) is 0 Å². The third kappa shape index (κ3) is 5.17. The normalized spacial score (nSPS) is 26.2. The highest BCUT2D eigenvalue weighted by Gasteiger charge is 2.24. The second-order valence-electron chi connectivity index (χ2n) is 4.78. The Balaban J connectivity index is 2.29. The van der Waals surface area contributed by atoms with Gasteiger partial charge in [-0.3, -0.25) is 9.59 Å². The van der Waals surface area contributed by atoms with E-state index in [0.717, 1.165) is 19.3 Å². The molecule has 5 heteroatoms. The third-order valence-electron chi connectivity index (χ3n) is 3.07. The van der Waals surface area contributed by atoms with Gasteiger partial charge < -0.3 is 15.2 Å². The first kappa shape index (κ1) is 14.0. The van der Waals surface area contributed by atoms with E-state index in [1.807, 2.05) is 0 Å². The summed E-state index contributed by atoms with van der Waals surface area (Å²) >= 11 is 0. The second kappa shape index (κ2) is 6.59. The molecule has 0 bridgehead atoms. The van der Waals surface area contributed by atoms with Crippen LogP contribution in [0.15, 0.2) is 0 Å². The van der Waals surface area contributed by atoms with Crippen LogP contribution < -0.4 is 5.32 Å². The Bertz CT molecular complexity index is 280. The average molecular weight is 243 g/mol. The van der Waals surface area contributed by atoms with Crippen LogP contribution in [0.2, 0.25) is 0 Å². The lowest BCUT2D eigenvalue weighted by atomic mass is 9.88. The molecule has 1 aliphatic rings. The van der Waals surface area contributed by atoms with Crippen LogP contribution >= 0.6 is 0 Å². The number of carboxylic acid groups (broad SMARTS) is 1. The van der Waals surface area contributed by atoms with Crippen molar-refractivity contribution in [3.05, 3.63) is 0 Å². The van der Waals surface area contributed by atoms with E-state index in [2.05, 4.69) is 12.2 Å². The lowest BCUT2D eigenvalue weighted by Gasteiger charge is -2.28. The summed E-state index contributed by atoms with van der Waals surface area (Å²) in [5.74, 6) is -0.759. The molecule has 1 rings (SSSR count). The van der Waals surface area contributed by atoms with Crippen LogP contribution in [0.1, 0.15) is 39.5 Å². The largest absolute Gasteiger partial charge is 0.480 e. The molecule has 1 amide bonds. The monoisotopic (exact) mass is 243 g/mol. The van der Waals surface area contributed by atoms with Crippen molar-refractivity contribution in [3.63, 3.8) is 0 Å². The number of ether oxygens (including phenoxy) is 1. The molecule has 0 aliphatic heterocycles. The van der Waals surface area contributed by atoms with Crippen molar-refractivity contribution < 1.29 is 19.4 Å². The first-order chi connectivity index (χ1) is 7.99. The fraction of sp³-hybridized carbons (Fsp3) is 0.833. The number of aliphatic carboxylic acids is 1. The zero-order valence-corrected chi connectivity index (χ0v) is 10.4. The Kier molecular flexibility index (Phi) is 5.41. The van der Waals surface area contributed by atoms with Crippen LogP contribution in [0, 0.1) is 5.92 Å². The second-order valence-corrected chi connectivity index (χ2v) is 4.78. The third-order valence-corrected chi connectivity index (χ3v) is 3.07. The van der Waals surface area contributed by atoms with Gasteiger partial charge in [-0.1, -0.05) is 19.8 Å². The van der Waals surface area contributed by atoms with Gasteiger partial charge >= 0.3 is 5.97 Å². The van der Waals surface area contributed by atoms with Crippen LogP contribution in [-0.4, -0.2) is 35.7 Å². The molecule has 98 valence electrons. The number of hydrogen-bond donors (Lipinski definition) is 2. The van der Waals surface area contributed by atoms with Crippen LogP contribution in [0.5, 0.6) is 0 Å². The highest BCUT2D eigenvalue weighted by atomic mass is 16.5. The fourth-order valence-corrected chi connectivity index (χ4v) is 2.16. The van der Waals surface area contributed by atoms with Crippen LogP contribution in [-0.2, 0) is 14.3 Å². The minimum Gasteiger partial charge on any atom is -0.480 e. The molecule has 0 unspecified atom stereocenters. The van der Waals surface area contributed by atoms with Gasteiger partial charge in [-0.2, -0.15) is 0 Å². The van der Waals surface area contributed by atoms with Gasteiger partial charge in [0.15, 0.2) is 0 Å². The molecule has 1 fully saturated rings. The number of rotatable bonds is 5. The Morgan fingerprint density at radius 2 is 2.18 bits per heavy atom. The lowest BCUT2D eigenvalue weighted by Crippen LogP contribution is -2.40. The number of carbonyl (C=O) groups excluding carboxylic acids is 1. The van der Waals surface area contributed by atoms with Gasteiger partial charge in [0.05, 0.1) is 6.10 Å².